The van der Waals surface area contributed by atoms with Crippen molar-refractivity contribution in [3.05, 3.63) is 63.2 Å². The van der Waals surface area contributed by atoms with Gasteiger partial charge in [0.2, 0.25) is 0 Å². The van der Waals surface area contributed by atoms with Crippen LogP contribution in [0.1, 0.15) is 12.5 Å². The van der Waals surface area contributed by atoms with E-state index in [2.05, 4.69) is 30.5 Å². The highest BCUT2D eigenvalue weighted by Gasteiger charge is 2.19. The summed E-state index contributed by atoms with van der Waals surface area (Å²) < 4.78 is 6.26. The van der Waals surface area contributed by atoms with Gasteiger partial charge in [-0.3, -0.25) is 15.2 Å². The maximum absolute atomic E-state index is 11.7. The lowest BCUT2D eigenvalue weighted by Crippen LogP contribution is -2.24. The molecule has 0 fully saturated rings. The van der Waals surface area contributed by atoms with Gasteiger partial charge in [-0.15, -0.1) is 11.3 Å². The van der Waals surface area contributed by atoms with E-state index < -0.39 is 11.2 Å². The normalized spacial score (nSPS) is 11.2. The van der Waals surface area contributed by atoms with Crippen molar-refractivity contribution in [1.82, 2.24) is 19.9 Å². The minimum absolute atomic E-state index is 0.0219. The number of para-hydroxylation sites is 1. The zero-order valence-electron chi connectivity index (χ0n) is 15.7. The van der Waals surface area contributed by atoms with Crippen LogP contribution in [0.25, 0.3) is 20.7 Å². The van der Waals surface area contributed by atoms with Crippen molar-refractivity contribution in [3.8, 4) is 21.9 Å². The third-order valence-corrected chi connectivity index (χ3v) is 5.31. The van der Waals surface area contributed by atoms with E-state index >= 15 is 0 Å². The molecule has 11 heteroatoms. The van der Waals surface area contributed by atoms with Crippen molar-refractivity contribution in [3.63, 3.8) is 0 Å². The molecule has 0 aliphatic carbocycles. The van der Waals surface area contributed by atoms with Crippen molar-refractivity contribution >= 4 is 33.6 Å². The Morgan fingerprint density at radius 3 is 2.93 bits per heavy atom. The molecule has 0 radical (unpaired) electrons. The number of aromatic nitrogens is 4. The molecule has 0 amide bonds. The Morgan fingerprint density at radius 2 is 2.13 bits per heavy atom. The summed E-state index contributed by atoms with van der Waals surface area (Å²) in [6.45, 7) is 2.38. The lowest BCUT2D eigenvalue weighted by Gasteiger charge is -2.08. The van der Waals surface area contributed by atoms with Crippen molar-refractivity contribution in [2.24, 2.45) is 5.10 Å². The molecule has 152 valence electrons. The van der Waals surface area contributed by atoms with Gasteiger partial charge in [0.25, 0.3) is 5.56 Å². The number of benzene rings is 1. The number of aromatic amines is 2. The number of H-pyrrole nitrogens is 2. The Balaban J connectivity index is 1.71. The number of thiophene rings is 1. The molecule has 3 aromatic heterocycles. The van der Waals surface area contributed by atoms with Gasteiger partial charge in [-0.05, 0) is 19.1 Å². The van der Waals surface area contributed by atoms with Gasteiger partial charge in [-0.1, -0.05) is 12.1 Å². The van der Waals surface area contributed by atoms with Crippen LogP contribution in [0.2, 0.25) is 0 Å². The smallest absolute Gasteiger partial charge is 0.325 e. The summed E-state index contributed by atoms with van der Waals surface area (Å²) in [7, 11) is 0. The third kappa shape index (κ3) is 3.65. The predicted molar refractivity (Wildman–Crippen MR) is 115 cm³/mol. The summed E-state index contributed by atoms with van der Waals surface area (Å²) in [6.07, 6.45) is 3.81. The molecule has 0 saturated heterocycles. The van der Waals surface area contributed by atoms with E-state index in [4.69, 9.17) is 4.74 Å². The van der Waals surface area contributed by atoms with E-state index in [9.17, 15) is 14.7 Å². The maximum Gasteiger partial charge on any atom is 0.325 e. The highest BCUT2D eigenvalue weighted by Crippen LogP contribution is 2.47. The molecule has 0 unspecified atom stereocenters. The standard InChI is InChI=1S/C19H16N6O4S/c1-2-29-12-6-4-3-5-11(12)15-14(26)13-16(30-15)17(22-9-21-13)25-23-8-10-7-20-19(28)24-18(10)27/h3-9,26H,2H2,1H3,(H,21,22,25)(H2,20,24,27,28)/b23-8+. The summed E-state index contributed by atoms with van der Waals surface area (Å²) in [4.78, 5) is 36.2. The van der Waals surface area contributed by atoms with E-state index in [0.717, 1.165) is 5.56 Å². The molecule has 0 aliphatic rings. The van der Waals surface area contributed by atoms with Crippen molar-refractivity contribution in [2.45, 2.75) is 6.92 Å². The molecular weight excluding hydrogens is 408 g/mol. The maximum atomic E-state index is 11.7. The van der Waals surface area contributed by atoms with Crippen LogP contribution < -0.4 is 21.4 Å². The van der Waals surface area contributed by atoms with Gasteiger partial charge in [0.1, 0.15) is 22.3 Å². The number of rotatable bonds is 6. The van der Waals surface area contributed by atoms with E-state index in [1.807, 2.05) is 31.2 Å². The van der Waals surface area contributed by atoms with Crippen molar-refractivity contribution in [2.75, 3.05) is 12.0 Å². The number of hydrogen-bond acceptors (Lipinski definition) is 9. The molecule has 1 aromatic carbocycles. The quantitative estimate of drug-likeness (QED) is 0.274. The lowest BCUT2D eigenvalue weighted by molar-refractivity contribution is 0.341. The average Bonchev–Trinajstić information content (AvgIpc) is 3.08. The number of aromatic hydroxyl groups is 1. The minimum Gasteiger partial charge on any atom is -0.504 e. The first kappa shape index (κ1) is 19.3. The van der Waals surface area contributed by atoms with Crippen molar-refractivity contribution < 1.29 is 9.84 Å². The molecule has 10 nitrogen and oxygen atoms in total. The molecule has 30 heavy (non-hydrogen) atoms. The van der Waals surface area contributed by atoms with Crippen LogP contribution in [-0.2, 0) is 0 Å². The molecule has 4 aromatic rings. The Bertz CT molecular complexity index is 1360. The predicted octanol–water partition coefficient (Wildman–Crippen LogP) is 2.29. The second kappa shape index (κ2) is 8.17. The summed E-state index contributed by atoms with van der Waals surface area (Å²) in [5.41, 5.74) is 2.86. The first-order valence-electron chi connectivity index (χ1n) is 8.88. The summed E-state index contributed by atoms with van der Waals surface area (Å²) in [5, 5.41) is 14.7. The van der Waals surface area contributed by atoms with E-state index in [-0.39, 0.29) is 11.3 Å². The van der Waals surface area contributed by atoms with Crippen LogP contribution in [-0.4, -0.2) is 37.9 Å². The lowest BCUT2D eigenvalue weighted by atomic mass is 10.1. The van der Waals surface area contributed by atoms with Gasteiger partial charge in [-0.2, -0.15) is 5.10 Å². The van der Waals surface area contributed by atoms with E-state index in [1.54, 1.807) is 0 Å². The largest absolute Gasteiger partial charge is 0.504 e. The van der Waals surface area contributed by atoms with Crippen molar-refractivity contribution in [1.29, 1.82) is 0 Å². The highest BCUT2D eigenvalue weighted by atomic mass is 32.1. The molecule has 0 aliphatic heterocycles. The third-order valence-electron chi connectivity index (χ3n) is 4.10. The summed E-state index contributed by atoms with van der Waals surface area (Å²) >= 11 is 1.29. The number of nitrogens with one attached hydrogen (secondary N) is 3. The number of fused-ring (bicyclic) bond motifs is 1. The number of hydrazone groups is 1. The number of ether oxygens (including phenoxy) is 1. The van der Waals surface area contributed by atoms with Crippen LogP contribution in [0.3, 0.4) is 0 Å². The molecule has 0 saturated carbocycles. The number of hydrogen-bond donors (Lipinski definition) is 4. The summed E-state index contributed by atoms with van der Waals surface area (Å²) in [5.74, 6) is 1.03. The number of nitrogens with zero attached hydrogens (tertiary/aromatic N) is 3. The molecule has 4 N–H and O–H groups in total. The first-order valence-corrected chi connectivity index (χ1v) is 9.70. The Kier molecular flexibility index (Phi) is 5.26. The van der Waals surface area contributed by atoms with Crippen LogP contribution >= 0.6 is 11.3 Å². The fraction of sp³-hybridized carbons (Fsp3) is 0.105. The molecule has 0 atom stereocenters. The highest BCUT2D eigenvalue weighted by molar-refractivity contribution is 7.23. The Morgan fingerprint density at radius 1 is 1.30 bits per heavy atom. The topological polar surface area (TPSA) is 145 Å². The second-order valence-corrected chi connectivity index (χ2v) is 7.03. The van der Waals surface area contributed by atoms with E-state index in [1.165, 1.54) is 30.1 Å². The van der Waals surface area contributed by atoms with Crippen LogP contribution in [0.5, 0.6) is 11.5 Å². The van der Waals surface area contributed by atoms with E-state index in [0.29, 0.717) is 33.3 Å². The second-order valence-electron chi connectivity index (χ2n) is 6.01. The molecule has 0 bridgehead atoms. The Hall–Kier alpha value is -3.99. The average molecular weight is 424 g/mol. The molecule has 3 heterocycles. The molecular formula is C19H16N6O4S. The fourth-order valence-electron chi connectivity index (χ4n) is 2.77. The van der Waals surface area contributed by atoms with Gasteiger partial charge in [0.05, 0.1) is 23.3 Å². The van der Waals surface area contributed by atoms with Crippen LogP contribution in [0, 0.1) is 0 Å². The van der Waals surface area contributed by atoms with Gasteiger partial charge >= 0.3 is 5.69 Å². The van der Waals surface area contributed by atoms with Crippen LogP contribution in [0.4, 0.5) is 5.82 Å². The zero-order valence-corrected chi connectivity index (χ0v) is 16.5. The fourth-order valence-corrected chi connectivity index (χ4v) is 3.89. The monoisotopic (exact) mass is 424 g/mol. The molecule has 0 spiro atoms. The minimum atomic E-state index is -0.600. The Labute approximate surface area is 172 Å². The van der Waals surface area contributed by atoms with Gasteiger partial charge < -0.3 is 14.8 Å². The SMILES string of the molecule is CCOc1ccccc1-c1sc2c(N/N=C/c3c[nH]c(=O)[nH]c3=O)ncnc2c1O. The van der Waals surface area contributed by atoms with Gasteiger partial charge in [-0.25, -0.2) is 14.8 Å². The molecule has 4 rings (SSSR count). The van der Waals surface area contributed by atoms with Crippen LogP contribution in [0.15, 0.2) is 51.5 Å². The van der Waals surface area contributed by atoms with Gasteiger partial charge in [0, 0.05) is 11.8 Å². The first-order chi connectivity index (χ1) is 14.6. The zero-order chi connectivity index (χ0) is 21.1. The summed E-state index contributed by atoms with van der Waals surface area (Å²) in [6, 6.07) is 7.41. The number of anilines is 1. The van der Waals surface area contributed by atoms with Gasteiger partial charge in [0.15, 0.2) is 11.6 Å².